The number of hydrogen-bond acceptors (Lipinski definition) is 4. The van der Waals surface area contributed by atoms with Crippen molar-refractivity contribution in [1.29, 1.82) is 0 Å². The lowest BCUT2D eigenvalue weighted by molar-refractivity contribution is -0.118. The fourth-order valence-electron chi connectivity index (χ4n) is 3.21. The summed E-state index contributed by atoms with van der Waals surface area (Å²) in [6.07, 6.45) is 1.46. The van der Waals surface area contributed by atoms with E-state index < -0.39 is 0 Å². The summed E-state index contributed by atoms with van der Waals surface area (Å²) < 4.78 is 0. The third-order valence-electron chi connectivity index (χ3n) is 4.53. The highest BCUT2D eigenvalue weighted by Gasteiger charge is 2.25. The van der Waals surface area contributed by atoms with Crippen LogP contribution in [-0.2, 0) is 9.59 Å². The van der Waals surface area contributed by atoms with Gasteiger partial charge in [-0.2, -0.15) is 0 Å². The summed E-state index contributed by atoms with van der Waals surface area (Å²) in [5.74, 6) is 0.0975. The molecule has 0 radical (unpaired) electrons. The van der Waals surface area contributed by atoms with Gasteiger partial charge in [0.05, 0.1) is 17.9 Å². The van der Waals surface area contributed by atoms with Crippen molar-refractivity contribution in [3.05, 3.63) is 24.3 Å². The standard InChI is InChI=1S/C17H24N4O2/c1-13-11-18-8-10-20(13)12-16(22)19-14-5-2-3-6-15(14)21-9-4-7-17(21)23/h2-3,5-6,13,18H,4,7-12H2,1H3,(H,19,22)/t13-/m1/s1. The highest BCUT2D eigenvalue weighted by molar-refractivity contribution is 6.02. The number of amides is 2. The Morgan fingerprint density at radius 3 is 2.91 bits per heavy atom. The monoisotopic (exact) mass is 316 g/mol. The van der Waals surface area contributed by atoms with Gasteiger partial charge in [0.1, 0.15) is 0 Å². The molecule has 6 heteroatoms. The second-order valence-corrected chi connectivity index (χ2v) is 6.24. The van der Waals surface area contributed by atoms with Crippen molar-refractivity contribution >= 4 is 23.2 Å². The zero-order valence-electron chi connectivity index (χ0n) is 13.5. The third kappa shape index (κ3) is 3.71. The molecule has 3 rings (SSSR count). The molecule has 0 aromatic heterocycles. The van der Waals surface area contributed by atoms with Gasteiger partial charge in [0, 0.05) is 38.6 Å². The van der Waals surface area contributed by atoms with E-state index in [1.54, 1.807) is 4.90 Å². The summed E-state index contributed by atoms with van der Waals surface area (Å²) in [5.41, 5.74) is 1.52. The normalized spacial score (nSPS) is 22.4. The zero-order valence-corrected chi connectivity index (χ0v) is 13.5. The molecule has 1 aromatic rings. The third-order valence-corrected chi connectivity index (χ3v) is 4.53. The maximum Gasteiger partial charge on any atom is 0.238 e. The van der Waals surface area contributed by atoms with Crippen LogP contribution in [0.1, 0.15) is 19.8 Å². The van der Waals surface area contributed by atoms with Crippen LogP contribution in [0.25, 0.3) is 0 Å². The summed E-state index contributed by atoms with van der Waals surface area (Å²) in [4.78, 5) is 28.3. The number of hydrogen-bond donors (Lipinski definition) is 2. The largest absolute Gasteiger partial charge is 0.323 e. The van der Waals surface area contributed by atoms with Crippen molar-refractivity contribution in [2.45, 2.75) is 25.8 Å². The molecule has 6 nitrogen and oxygen atoms in total. The molecule has 2 N–H and O–H groups in total. The Labute approximate surface area is 136 Å². The number of rotatable bonds is 4. The molecule has 2 amide bonds. The number of carbonyl (C=O) groups is 2. The average Bonchev–Trinajstić information content (AvgIpc) is 2.96. The minimum atomic E-state index is -0.0298. The first-order chi connectivity index (χ1) is 11.1. The maximum absolute atomic E-state index is 12.4. The van der Waals surface area contributed by atoms with Gasteiger partial charge in [-0.05, 0) is 25.5 Å². The molecule has 2 aliphatic heterocycles. The van der Waals surface area contributed by atoms with Crippen LogP contribution in [0.15, 0.2) is 24.3 Å². The van der Waals surface area contributed by atoms with Crippen molar-refractivity contribution in [2.24, 2.45) is 0 Å². The van der Waals surface area contributed by atoms with E-state index in [4.69, 9.17) is 0 Å². The Hall–Kier alpha value is -1.92. The Bertz CT molecular complexity index is 590. The number of anilines is 2. The SMILES string of the molecule is C[C@@H]1CNCCN1CC(=O)Nc1ccccc1N1CCCC1=O. The molecule has 1 atom stereocenters. The van der Waals surface area contributed by atoms with Crippen LogP contribution in [0.4, 0.5) is 11.4 Å². The first-order valence-corrected chi connectivity index (χ1v) is 8.29. The van der Waals surface area contributed by atoms with E-state index >= 15 is 0 Å². The van der Waals surface area contributed by atoms with Crippen LogP contribution in [0, 0.1) is 0 Å². The summed E-state index contributed by atoms with van der Waals surface area (Å²) in [6, 6.07) is 7.89. The molecule has 0 spiro atoms. The minimum Gasteiger partial charge on any atom is -0.323 e. The van der Waals surface area contributed by atoms with Crippen molar-refractivity contribution in [3.63, 3.8) is 0 Å². The van der Waals surface area contributed by atoms with Crippen LogP contribution >= 0.6 is 0 Å². The molecule has 2 saturated heterocycles. The molecular weight excluding hydrogens is 292 g/mol. The molecule has 2 aliphatic rings. The van der Waals surface area contributed by atoms with Crippen molar-refractivity contribution in [1.82, 2.24) is 10.2 Å². The van der Waals surface area contributed by atoms with Gasteiger partial charge < -0.3 is 15.5 Å². The lowest BCUT2D eigenvalue weighted by Crippen LogP contribution is -2.52. The Kier molecular flexibility index (Phi) is 4.93. The molecule has 0 saturated carbocycles. The minimum absolute atomic E-state index is 0.0298. The van der Waals surface area contributed by atoms with E-state index in [0.29, 0.717) is 19.0 Å². The van der Waals surface area contributed by atoms with Crippen LogP contribution < -0.4 is 15.5 Å². The predicted octanol–water partition coefficient (Wildman–Crippen LogP) is 1.05. The van der Waals surface area contributed by atoms with E-state index in [0.717, 1.165) is 44.0 Å². The molecule has 1 aromatic carbocycles. The lowest BCUT2D eigenvalue weighted by Gasteiger charge is -2.33. The summed E-state index contributed by atoms with van der Waals surface area (Å²) in [7, 11) is 0. The van der Waals surface area contributed by atoms with Gasteiger partial charge in [-0.25, -0.2) is 0 Å². The van der Waals surface area contributed by atoms with E-state index in [2.05, 4.69) is 22.5 Å². The van der Waals surface area contributed by atoms with Crippen molar-refractivity contribution < 1.29 is 9.59 Å². The first-order valence-electron chi connectivity index (χ1n) is 8.29. The molecule has 124 valence electrons. The highest BCUT2D eigenvalue weighted by atomic mass is 16.2. The fourth-order valence-corrected chi connectivity index (χ4v) is 3.21. The van der Waals surface area contributed by atoms with Gasteiger partial charge >= 0.3 is 0 Å². The van der Waals surface area contributed by atoms with E-state index in [9.17, 15) is 9.59 Å². The van der Waals surface area contributed by atoms with Gasteiger partial charge in [-0.3, -0.25) is 14.5 Å². The van der Waals surface area contributed by atoms with Crippen molar-refractivity contribution in [3.8, 4) is 0 Å². The second-order valence-electron chi connectivity index (χ2n) is 6.24. The highest BCUT2D eigenvalue weighted by Crippen LogP contribution is 2.29. The number of nitrogens with one attached hydrogen (secondary N) is 2. The lowest BCUT2D eigenvalue weighted by atomic mass is 10.2. The van der Waals surface area contributed by atoms with Crippen LogP contribution in [-0.4, -0.2) is 55.5 Å². The summed E-state index contributed by atoms with van der Waals surface area (Å²) >= 11 is 0. The Morgan fingerprint density at radius 2 is 2.17 bits per heavy atom. The number of benzene rings is 1. The fraction of sp³-hybridized carbons (Fsp3) is 0.529. The van der Waals surface area contributed by atoms with Crippen LogP contribution in [0.2, 0.25) is 0 Å². The number of para-hydroxylation sites is 2. The molecular formula is C17H24N4O2. The first kappa shape index (κ1) is 16.0. The molecule has 2 fully saturated rings. The van der Waals surface area contributed by atoms with E-state index in [1.807, 2.05) is 24.3 Å². The Balaban J connectivity index is 1.67. The number of piperazine rings is 1. The van der Waals surface area contributed by atoms with Gasteiger partial charge in [0.2, 0.25) is 11.8 Å². The molecule has 2 heterocycles. The summed E-state index contributed by atoms with van der Waals surface area (Å²) in [5, 5.41) is 6.30. The van der Waals surface area contributed by atoms with Gasteiger partial charge in [-0.1, -0.05) is 12.1 Å². The van der Waals surface area contributed by atoms with E-state index in [1.165, 1.54) is 0 Å². The Morgan fingerprint density at radius 1 is 1.35 bits per heavy atom. The quantitative estimate of drug-likeness (QED) is 0.871. The smallest absolute Gasteiger partial charge is 0.238 e. The van der Waals surface area contributed by atoms with Gasteiger partial charge in [0.15, 0.2) is 0 Å². The maximum atomic E-state index is 12.4. The molecule has 23 heavy (non-hydrogen) atoms. The molecule has 0 unspecified atom stereocenters. The summed E-state index contributed by atoms with van der Waals surface area (Å²) in [6.45, 7) is 5.92. The second kappa shape index (κ2) is 7.10. The zero-order chi connectivity index (χ0) is 16.2. The van der Waals surface area contributed by atoms with Crippen LogP contribution in [0.5, 0.6) is 0 Å². The van der Waals surface area contributed by atoms with Gasteiger partial charge in [-0.15, -0.1) is 0 Å². The average molecular weight is 316 g/mol. The van der Waals surface area contributed by atoms with Crippen molar-refractivity contribution in [2.75, 3.05) is 42.9 Å². The molecule has 0 aliphatic carbocycles. The predicted molar refractivity (Wildman–Crippen MR) is 90.6 cm³/mol. The van der Waals surface area contributed by atoms with Crippen LogP contribution in [0.3, 0.4) is 0 Å². The number of carbonyl (C=O) groups excluding carboxylic acids is 2. The number of nitrogens with zero attached hydrogens (tertiary/aromatic N) is 2. The van der Waals surface area contributed by atoms with E-state index in [-0.39, 0.29) is 11.8 Å². The van der Waals surface area contributed by atoms with Gasteiger partial charge in [0.25, 0.3) is 0 Å². The molecule has 0 bridgehead atoms. The topological polar surface area (TPSA) is 64.7 Å².